The molecule has 0 aliphatic heterocycles. The van der Waals surface area contributed by atoms with Crippen LogP contribution in [0.5, 0.6) is 0 Å². The van der Waals surface area contributed by atoms with Gasteiger partial charge in [-0.15, -0.1) is 0 Å². The van der Waals surface area contributed by atoms with Crippen molar-refractivity contribution in [2.24, 2.45) is 0 Å². The van der Waals surface area contributed by atoms with Crippen molar-refractivity contribution in [2.75, 3.05) is 6.54 Å². The molecule has 0 unspecified atom stereocenters. The van der Waals surface area contributed by atoms with E-state index < -0.39 is 27.9 Å². The maximum Gasteiger partial charge on any atom is 0.321 e. The monoisotopic (exact) mass is 476 g/mol. The van der Waals surface area contributed by atoms with E-state index in [1.165, 1.54) is 24.5 Å². The van der Waals surface area contributed by atoms with Gasteiger partial charge in [-0.05, 0) is 60.4 Å². The fourth-order valence-corrected chi connectivity index (χ4v) is 4.31. The molecule has 1 aromatic heterocycles. The van der Waals surface area contributed by atoms with E-state index in [4.69, 9.17) is 16.0 Å². The Bertz CT molecular complexity index is 1160. The van der Waals surface area contributed by atoms with Crippen LogP contribution in [0.3, 0.4) is 0 Å². The Morgan fingerprint density at radius 1 is 1.00 bits per heavy atom. The van der Waals surface area contributed by atoms with Crippen LogP contribution in [0.15, 0.2) is 76.2 Å². The summed E-state index contributed by atoms with van der Waals surface area (Å²) < 4.78 is 32.5. The van der Waals surface area contributed by atoms with Gasteiger partial charge in [-0.2, -0.15) is 4.72 Å². The molecule has 168 valence electrons. The lowest BCUT2D eigenvalue weighted by molar-refractivity contribution is -0.139. The highest BCUT2D eigenvalue weighted by Gasteiger charge is 2.25. The standard InChI is InChI=1S/C22H21ClN2O6S/c23-17-9-5-15(6-10-17)16-7-11-18(12-8-16)32(29,30)25-19(22(27)28)3-1-13-24-21(26)20-4-2-14-31-20/h2,4-12,14,19,25H,1,3,13H2,(H,24,26)(H,27,28)/t19-/m0/s1. The summed E-state index contributed by atoms with van der Waals surface area (Å²) in [6.45, 7) is 0.167. The highest BCUT2D eigenvalue weighted by molar-refractivity contribution is 7.89. The molecule has 3 aromatic rings. The van der Waals surface area contributed by atoms with Crippen LogP contribution < -0.4 is 10.0 Å². The summed E-state index contributed by atoms with van der Waals surface area (Å²) in [4.78, 5) is 23.3. The Morgan fingerprint density at radius 3 is 2.19 bits per heavy atom. The maximum atomic E-state index is 12.7. The number of rotatable bonds is 10. The predicted molar refractivity (Wildman–Crippen MR) is 119 cm³/mol. The molecule has 1 heterocycles. The molecule has 2 aromatic carbocycles. The zero-order valence-electron chi connectivity index (χ0n) is 16.8. The molecule has 1 amide bonds. The molecule has 0 fully saturated rings. The second kappa shape index (κ2) is 10.4. The number of amides is 1. The normalized spacial score (nSPS) is 12.3. The number of halogens is 1. The molecule has 0 aliphatic carbocycles. The average Bonchev–Trinajstić information content (AvgIpc) is 3.31. The molecule has 0 spiro atoms. The van der Waals surface area contributed by atoms with Gasteiger partial charge >= 0.3 is 5.97 Å². The number of furan rings is 1. The van der Waals surface area contributed by atoms with Crippen LogP contribution in [-0.2, 0) is 14.8 Å². The van der Waals surface area contributed by atoms with Crippen LogP contribution in [0.25, 0.3) is 11.1 Å². The minimum atomic E-state index is -4.05. The second-order valence-corrected chi connectivity index (χ2v) is 9.07. The predicted octanol–water partition coefficient (Wildman–Crippen LogP) is 3.54. The van der Waals surface area contributed by atoms with Crippen molar-refractivity contribution >= 4 is 33.5 Å². The molecule has 0 bridgehead atoms. The molecule has 1 atom stereocenters. The average molecular weight is 477 g/mol. The molecular weight excluding hydrogens is 456 g/mol. The van der Waals surface area contributed by atoms with Gasteiger partial charge in [0, 0.05) is 11.6 Å². The lowest BCUT2D eigenvalue weighted by Crippen LogP contribution is -2.41. The van der Waals surface area contributed by atoms with E-state index >= 15 is 0 Å². The van der Waals surface area contributed by atoms with Crippen molar-refractivity contribution in [1.29, 1.82) is 0 Å². The van der Waals surface area contributed by atoms with Crippen molar-refractivity contribution in [3.8, 4) is 11.1 Å². The first kappa shape index (κ1) is 23.5. The van der Waals surface area contributed by atoms with Gasteiger partial charge in [0.2, 0.25) is 10.0 Å². The van der Waals surface area contributed by atoms with Crippen molar-refractivity contribution in [3.05, 3.63) is 77.7 Å². The lowest BCUT2D eigenvalue weighted by atomic mass is 10.1. The fraction of sp³-hybridized carbons (Fsp3) is 0.182. The van der Waals surface area contributed by atoms with Gasteiger partial charge < -0.3 is 14.8 Å². The van der Waals surface area contributed by atoms with Crippen molar-refractivity contribution in [3.63, 3.8) is 0 Å². The molecule has 0 saturated carbocycles. The Morgan fingerprint density at radius 2 is 1.62 bits per heavy atom. The molecule has 10 heteroatoms. The lowest BCUT2D eigenvalue weighted by Gasteiger charge is -2.15. The first-order valence-corrected chi connectivity index (χ1v) is 11.6. The topological polar surface area (TPSA) is 126 Å². The molecular formula is C22H21ClN2O6S. The third-order valence-corrected chi connectivity index (χ3v) is 6.38. The Labute approximate surface area is 190 Å². The van der Waals surface area contributed by atoms with Gasteiger partial charge in [-0.3, -0.25) is 9.59 Å². The first-order valence-electron chi connectivity index (χ1n) is 9.69. The third-order valence-electron chi connectivity index (χ3n) is 4.64. The molecule has 0 saturated heterocycles. The van der Waals surface area contributed by atoms with Crippen LogP contribution in [0, 0.1) is 0 Å². The van der Waals surface area contributed by atoms with Gasteiger partial charge in [0.1, 0.15) is 6.04 Å². The molecule has 3 rings (SSSR count). The smallest absolute Gasteiger partial charge is 0.321 e. The van der Waals surface area contributed by atoms with E-state index in [2.05, 4.69) is 10.0 Å². The third kappa shape index (κ3) is 6.19. The Kier molecular flexibility index (Phi) is 7.68. The number of carbonyl (C=O) groups is 2. The number of aliphatic carboxylic acids is 1. The number of benzene rings is 2. The number of carboxylic acid groups (broad SMARTS) is 1. The number of hydrogen-bond donors (Lipinski definition) is 3. The summed E-state index contributed by atoms with van der Waals surface area (Å²) in [5.41, 5.74) is 1.66. The molecule has 0 radical (unpaired) electrons. The minimum Gasteiger partial charge on any atom is -0.480 e. The number of carboxylic acids is 1. The number of hydrogen-bond acceptors (Lipinski definition) is 5. The van der Waals surface area contributed by atoms with Crippen molar-refractivity contribution in [2.45, 2.75) is 23.8 Å². The quantitative estimate of drug-likeness (QED) is 0.384. The van der Waals surface area contributed by atoms with Gasteiger partial charge in [0.05, 0.1) is 11.2 Å². The summed E-state index contributed by atoms with van der Waals surface area (Å²) in [5, 5.41) is 12.6. The van der Waals surface area contributed by atoms with E-state index in [-0.39, 0.29) is 30.0 Å². The van der Waals surface area contributed by atoms with Crippen LogP contribution in [0.4, 0.5) is 0 Å². The fourth-order valence-electron chi connectivity index (χ4n) is 2.96. The molecule has 8 nitrogen and oxygen atoms in total. The second-order valence-electron chi connectivity index (χ2n) is 6.92. The summed E-state index contributed by atoms with van der Waals surface area (Å²) >= 11 is 5.88. The summed E-state index contributed by atoms with van der Waals surface area (Å²) in [6, 6.07) is 14.9. The van der Waals surface area contributed by atoms with E-state index in [9.17, 15) is 23.1 Å². The van der Waals surface area contributed by atoms with E-state index in [1.54, 1.807) is 30.3 Å². The molecule has 0 aliphatic rings. The summed E-state index contributed by atoms with van der Waals surface area (Å²) in [7, 11) is -4.05. The number of sulfonamides is 1. The van der Waals surface area contributed by atoms with Crippen LogP contribution in [-0.4, -0.2) is 38.0 Å². The zero-order valence-corrected chi connectivity index (χ0v) is 18.4. The summed E-state index contributed by atoms with van der Waals surface area (Å²) in [6.07, 6.45) is 1.61. The highest BCUT2D eigenvalue weighted by atomic mass is 35.5. The van der Waals surface area contributed by atoms with E-state index in [0.717, 1.165) is 11.1 Å². The zero-order chi connectivity index (χ0) is 23.1. The van der Waals surface area contributed by atoms with Crippen LogP contribution in [0.1, 0.15) is 23.4 Å². The van der Waals surface area contributed by atoms with Crippen LogP contribution >= 0.6 is 11.6 Å². The van der Waals surface area contributed by atoms with Crippen LogP contribution in [0.2, 0.25) is 5.02 Å². The SMILES string of the molecule is O=C(NCCC[C@H](NS(=O)(=O)c1ccc(-c2ccc(Cl)cc2)cc1)C(=O)O)c1ccco1. The highest BCUT2D eigenvalue weighted by Crippen LogP contribution is 2.23. The van der Waals surface area contributed by atoms with E-state index in [1.807, 2.05) is 12.1 Å². The first-order chi connectivity index (χ1) is 15.3. The Balaban J connectivity index is 1.59. The number of nitrogens with one attached hydrogen (secondary N) is 2. The van der Waals surface area contributed by atoms with Gasteiger partial charge in [0.15, 0.2) is 5.76 Å². The maximum absolute atomic E-state index is 12.7. The Hall–Kier alpha value is -3.14. The van der Waals surface area contributed by atoms with Gasteiger partial charge in [0.25, 0.3) is 5.91 Å². The molecule has 3 N–H and O–H groups in total. The summed E-state index contributed by atoms with van der Waals surface area (Å²) in [5.74, 6) is -1.59. The molecule has 32 heavy (non-hydrogen) atoms. The van der Waals surface area contributed by atoms with Crippen molar-refractivity contribution < 1.29 is 27.5 Å². The minimum absolute atomic E-state index is 0.00411. The van der Waals surface area contributed by atoms with Gasteiger partial charge in [-0.25, -0.2) is 8.42 Å². The van der Waals surface area contributed by atoms with E-state index in [0.29, 0.717) is 5.02 Å². The largest absolute Gasteiger partial charge is 0.480 e. The number of carbonyl (C=O) groups excluding carboxylic acids is 1. The van der Waals surface area contributed by atoms with Crippen molar-refractivity contribution in [1.82, 2.24) is 10.0 Å². The van der Waals surface area contributed by atoms with Gasteiger partial charge in [-0.1, -0.05) is 35.9 Å².